The summed E-state index contributed by atoms with van der Waals surface area (Å²) < 4.78 is 0. The third-order valence-electron chi connectivity index (χ3n) is 5.91. The fourth-order valence-electron chi connectivity index (χ4n) is 3.87. The van der Waals surface area contributed by atoms with Gasteiger partial charge in [0.25, 0.3) is 0 Å². The number of carbonyl (C=O) groups is 1. The quantitative estimate of drug-likeness (QED) is 0.214. The summed E-state index contributed by atoms with van der Waals surface area (Å²) in [6, 6.07) is 7.60. The van der Waals surface area contributed by atoms with E-state index in [-0.39, 0.29) is 0 Å². The van der Waals surface area contributed by atoms with Crippen LogP contribution in [0, 0.1) is 0 Å². The maximum atomic E-state index is 11.5. The van der Waals surface area contributed by atoms with Crippen LogP contribution in [0.25, 0.3) is 6.08 Å². The zero-order chi connectivity index (χ0) is 21.9. The molecule has 1 atom stereocenters. The molecule has 0 aliphatic heterocycles. The van der Waals surface area contributed by atoms with E-state index in [1.54, 1.807) is 0 Å². The predicted molar refractivity (Wildman–Crippen MR) is 130 cm³/mol. The number of carboxylic acids is 1. The molecule has 0 bridgehead atoms. The van der Waals surface area contributed by atoms with E-state index in [9.17, 15) is 9.90 Å². The van der Waals surface area contributed by atoms with Crippen molar-refractivity contribution in [3.8, 4) is 0 Å². The molecular weight excluding hydrogens is 370 g/mol. The van der Waals surface area contributed by atoms with E-state index in [0.717, 1.165) is 24.0 Å². The maximum Gasteiger partial charge on any atom is 0.320 e. The first-order valence-electron chi connectivity index (χ1n) is 12.3. The molecule has 1 unspecified atom stereocenters. The number of nitrogens with one attached hydrogen (secondary N) is 1. The van der Waals surface area contributed by atoms with Crippen LogP contribution in [-0.2, 0) is 11.3 Å². The van der Waals surface area contributed by atoms with Gasteiger partial charge in [-0.05, 0) is 17.5 Å². The Balaban J connectivity index is 1.99. The lowest BCUT2D eigenvalue weighted by molar-refractivity contribution is -0.139. The molecule has 0 aliphatic carbocycles. The monoisotopic (exact) mass is 415 g/mol. The van der Waals surface area contributed by atoms with Gasteiger partial charge in [0.2, 0.25) is 0 Å². The van der Waals surface area contributed by atoms with Gasteiger partial charge in [-0.3, -0.25) is 4.79 Å². The lowest BCUT2D eigenvalue weighted by Gasteiger charge is -2.14. The lowest BCUT2D eigenvalue weighted by atomic mass is 10.0. The van der Waals surface area contributed by atoms with Crippen LogP contribution in [0.15, 0.2) is 30.8 Å². The van der Waals surface area contributed by atoms with E-state index in [1.807, 2.05) is 30.3 Å². The number of benzene rings is 1. The Kier molecular flexibility index (Phi) is 16.0. The predicted octanol–water partition coefficient (Wildman–Crippen LogP) is 7.74. The number of rotatable bonds is 20. The highest BCUT2D eigenvalue weighted by Crippen LogP contribution is 2.14. The number of carboxylic acid groups (broad SMARTS) is 1. The molecule has 1 aromatic carbocycles. The largest absolute Gasteiger partial charge is 0.480 e. The number of aliphatic carboxylic acids is 1. The van der Waals surface area contributed by atoms with Gasteiger partial charge in [-0.25, -0.2) is 0 Å². The normalized spacial score (nSPS) is 12.0. The molecular formula is C27H45NO2. The lowest BCUT2D eigenvalue weighted by Crippen LogP contribution is -2.36. The Morgan fingerprint density at radius 2 is 1.33 bits per heavy atom. The van der Waals surface area contributed by atoms with E-state index in [1.165, 1.54) is 77.0 Å². The zero-order valence-corrected chi connectivity index (χ0v) is 19.3. The average Bonchev–Trinajstić information content (AvgIpc) is 2.76. The molecule has 1 rings (SSSR count). The molecule has 170 valence electrons. The van der Waals surface area contributed by atoms with Gasteiger partial charge in [-0.15, -0.1) is 0 Å². The number of unbranched alkanes of at least 4 members (excludes halogenated alkanes) is 13. The van der Waals surface area contributed by atoms with Crippen molar-refractivity contribution in [2.45, 2.75) is 116 Å². The van der Waals surface area contributed by atoms with Gasteiger partial charge in [-0.2, -0.15) is 0 Å². The van der Waals surface area contributed by atoms with Gasteiger partial charge in [0, 0.05) is 6.54 Å². The molecule has 0 saturated heterocycles. The van der Waals surface area contributed by atoms with Crippen molar-refractivity contribution in [3.63, 3.8) is 0 Å². The highest BCUT2D eigenvalue weighted by Gasteiger charge is 2.15. The van der Waals surface area contributed by atoms with Crippen LogP contribution >= 0.6 is 0 Å². The third kappa shape index (κ3) is 13.6. The number of hydrogen-bond acceptors (Lipinski definition) is 2. The first-order chi connectivity index (χ1) is 14.7. The van der Waals surface area contributed by atoms with Crippen molar-refractivity contribution < 1.29 is 9.90 Å². The van der Waals surface area contributed by atoms with E-state index in [4.69, 9.17) is 0 Å². The second kappa shape index (κ2) is 18.2. The summed E-state index contributed by atoms with van der Waals surface area (Å²) in [5.74, 6) is -0.743. The topological polar surface area (TPSA) is 49.3 Å². The molecule has 0 aromatic heterocycles. The van der Waals surface area contributed by atoms with Gasteiger partial charge < -0.3 is 10.4 Å². The maximum absolute atomic E-state index is 11.5. The van der Waals surface area contributed by atoms with Crippen LogP contribution in [0.2, 0.25) is 0 Å². The summed E-state index contributed by atoms with van der Waals surface area (Å²) in [5.41, 5.74) is 2.18. The van der Waals surface area contributed by atoms with E-state index >= 15 is 0 Å². The smallest absolute Gasteiger partial charge is 0.320 e. The van der Waals surface area contributed by atoms with E-state index in [0.29, 0.717) is 13.0 Å². The van der Waals surface area contributed by atoms with Crippen LogP contribution in [0.4, 0.5) is 0 Å². The molecule has 1 aromatic rings. The highest BCUT2D eigenvalue weighted by atomic mass is 16.4. The van der Waals surface area contributed by atoms with Crippen LogP contribution in [-0.4, -0.2) is 17.1 Å². The highest BCUT2D eigenvalue weighted by molar-refractivity contribution is 5.73. The van der Waals surface area contributed by atoms with Crippen LogP contribution < -0.4 is 5.32 Å². The fourth-order valence-corrected chi connectivity index (χ4v) is 3.87. The Bertz CT molecular complexity index is 552. The summed E-state index contributed by atoms with van der Waals surface area (Å²) in [5, 5.41) is 12.7. The molecule has 0 radical (unpaired) electrons. The van der Waals surface area contributed by atoms with Crippen molar-refractivity contribution >= 4 is 12.0 Å². The summed E-state index contributed by atoms with van der Waals surface area (Å²) in [6.07, 6.45) is 21.0. The minimum Gasteiger partial charge on any atom is -0.480 e. The molecule has 0 fully saturated rings. The second-order valence-corrected chi connectivity index (χ2v) is 8.60. The minimum atomic E-state index is -0.743. The fraction of sp³-hybridized carbons (Fsp3) is 0.667. The molecule has 3 nitrogen and oxygen atoms in total. The molecule has 0 heterocycles. The standard InChI is InChI=1S/C27H45NO2/c1-3-5-6-7-8-9-10-11-12-13-14-15-16-17-18-26(27(29)30)28-23-25-21-19-24(4-2)20-22-25/h4,19-22,26,28H,2-3,5-18,23H2,1H3,(H,29,30). The van der Waals surface area contributed by atoms with Crippen molar-refractivity contribution in [1.29, 1.82) is 0 Å². The van der Waals surface area contributed by atoms with Gasteiger partial charge in [0.1, 0.15) is 6.04 Å². The molecule has 0 saturated carbocycles. The van der Waals surface area contributed by atoms with E-state index in [2.05, 4.69) is 18.8 Å². The minimum absolute atomic E-state index is 0.457. The first-order valence-corrected chi connectivity index (χ1v) is 12.3. The van der Waals surface area contributed by atoms with Gasteiger partial charge in [-0.1, -0.05) is 134 Å². The summed E-state index contributed by atoms with van der Waals surface area (Å²) in [4.78, 5) is 11.5. The van der Waals surface area contributed by atoms with Gasteiger partial charge in [0.15, 0.2) is 0 Å². The van der Waals surface area contributed by atoms with Gasteiger partial charge in [0.05, 0.1) is 0 Å². The molecule has 0 aliphatic rings. The molecule has 0 spiro atoms. The third-order valence-corrected chi connectivity index (χ3v) is 5.91. The summed E-state index contributed by atoms with van der Waals surface area (Å²) in [7, 11) is 0. The Hall–Kier alpha value is -1.61. The summed E-state index contributed by atoms with van der Waals surface area (Å²) >= 11 is 0. The van der Waals surface area contributed by atoms with Crippen molar-refractivity contribution in [1.82, 2.24) is 5.32 Å². The van der Waals surface area contributed by atoms with Gasteiger partial charge >= 0.3 is 5.97 Å². The average molecular weight is 416 g/mol. The SMILES string of the molecule is C=Cc1ccc(CNC(CCCCCCCCCCCCCCCC)C(=O)O)cc1. The first kappa shape index (κ1) is 26.4. The van der Waals surface area contributed by atoms with Crippen LogP contribution in [0.5, 0.6) is 0 Å². The Morgan fingerprint density at radius 1 is 0.867 bits per heavy atom. The molecule has 30 heavy (non-hydrogen) atoms. The molecule has 2 N–H and O–H groups in total. The van der Waals surface area contributed by atoms with Crippen LogP contribution in [0.3, 0.4) is 0 Å². The number of hydrogen-bond donors (Lipinski definition) is 2. The van der Waals surface area contributed by atoms with Crippen molar-refractivity contribution in [2.75, 3.05) is 0 Å². The Morgan fingerprint density at radius 3 is 1.77 bits per heavy atom. The second-order valence-electron chi connectivity index (χ2n) is 8.60. The summed E-state index contributed by atoms with van der Waals surface area (Å²) in [6.45, 7) is 6.61. The van der Waals surface area contributed by atoms with Crippen molar-refractivity contribution in [3.05, 3.63) is 42.0 Å². The van der Waals surface area contributed by atoms with E-state index < -0.39 is 12.0 Å². The molecule has 0 amide bonds. The molecule has 3 heteroatoms. The van der Waals surface area contributed by atoms with Crippen LogP contribution in [0.1, 0.15) is 114 Å². The van der Waals surface area contributed by atoms with Crippen molar-refractivity contribution in [2.24, 2.45) is 0 Å². The Labute approximate surface area is 185 Å². The zero-order valence-electron chi connectivity index (χ0n) is 19.3.